The molecule has 0 radical (unpaired) electrons. The van der Waals surface area contributed by atoms with Gasteiger partial charge in [-0.05, 0) is 25.2 Å². The van der Waals surface area contributed by atoms with Gasteiger partial charge in [-0.1, -0.05) is 13.3 Å². The number of ether oxygens (including phenoxy) is 1. The van der Waals surface area contributed by atoms with Gasteiger partial charge >= 0.3 is 6.03 Å². The van der Waals surface area contributed by atoms with E-state index in [1.54, 1.807) is 7.11 Å². The lowest BCUT2D eigenvalue weighted by Gasteiger charge is -2.28. The maximum absolute atomic E-state index is 12.2. The van der Waals surface area contributed by atoms with Crippen molar-refractivity contribution in [3.8, 4) is 0 Å². The Kier molecular flexibility index (Phi) is 6.34. The fourth-order valence-corrected chi connectivity index (χ4v) is 2.31. The smallest absolute Gasteiger partial charge is 0.319 e. The highest BCUT2D eigenvalue weighted by molar-refractivity contribution is 5.74. The van der Waals surface area contributed by atoms with Crippen LogP contribution >= 0.6 is 0 Å². The Hall–Kier alpha value is -0.770. The van der Waals surface area contributed by atoms with Gasteiger partial charge in [0.15, 0.2) is 0 Å². The largest absolute Gasteiger partial charge is 0.385 e. The van der Waals surface area contributed by atoms with Gasteiger partial charge in [0.1, 0.15) is 0 Å². The molecule has 4 heteroatoms. The second-order valence-electron chi connectivity index (χ2n) is 5.10. The number of urea groups is 1. The molecule has 0 bridgehead atoms. The Morgan fingerprint density at radius 3 is 2.94 bits per heavy atom. The molecule has 0 aromatic heterocycles. The van der Waals surface area contributed by atoms with Gasteiger partial charge < -0.3 is 14.5 Å². The maximum Gasteiger partial charge on any atom is 0.319 e. The Morgan fingerprint density at radius 2 is 2.24 bits per heavy atom. The van der Waals surface area contributed by atoms with E-state index in [0.29, 0.717) is 12.5 Å². The molecule has 1 aliphatic heterocycles. The van der Waals surface area contributed by atoms with Crippen molar-refractivity contribution >= 4 is 6.03 Å². The lowest BCUT2D eigenvalue weighted by Crippen LogP contribution is -2.43. The summed E-state index contributed by atoms with van der Waals surface area (Å²) in [6.07, 6.45) is 4.54. The van der Waals surface area contributed by atoms with Crippen molar-refractivity contribution in [1.29, 1.82) is 0 Å². The van der Waals surface area contributed by atoms with E-state index in [4.69, 9.17) is 4.74 Å². The summed E-state index contributed by atoms with van der Waals surface area (Å²) in [5.74, 6) is 0.633. The number of methoxy groups -OCH3 is 1. The molecule has 4 nitrogen and oxygen atoms in total. The van der Waals surface area contributed by atoms with Crippen LogP contribution in [0.4, 0.5) is 4.79 Å². The highest BCUT2D eigenvalue weighted by Gasteiger charge is 2.21. The molecule has 0 aromatic rings. The lowest BCUT2D eigenvalue weighted by atomic mass is 10.1. The Balaban J connectivity index is 2.38. The van der Waals surface area contributed by atoms with E-state index < -0.39 is 0 Å². The number of carbonyl (C=O) groups excluding carboxylic acids is 1. The highest BCUT2D eigenvalue weighted by atomic mass is 16.5. The first kappa shape index (κ1) is 14.3. The molecule has 0 aliphatic carbocycles. The number of hydrogen-bond donors (Lipinski definition) is 0. The summed E-state index contributed by atoms with van der Waals surface area (Å²) in [7, 11) is 3.58. The van der Waals surface area contributed by atoms with Crippen molar-refractivity contribution in [3.05, 3.63) is 0 Å². The van der Waals surface area contributed by atoms with E-state index in [1.165, 1.54) is 12.8 Å². The van der Waals surface area contributed by atoms with Crippen LogP contribution in [-0.2, 0) is 4.74 Å². The minimum absolute atomic E-state index is 0.176. The molecule has 1 atom stereocenters. The topological polar surface area (TPSA) is 32.8 Å². The molecule has 1 rings (SSSR count). The molecule has 0 saturated carbocycles. The molecule has 0 N–H and O–H groups in total. The molecule has 1 fully saturated rings. The fourth-order valence-electron chi connectivity index (χ4n) is 2.31. The zero-order valence-corrected chi connectivity index (χ0v) is 11.4. The van der Waals surface area contributed by atoms with Gasteiger partial charge in [-0.2, -0.15) is 0 Å². The minimum Gasteiger partial charge on any atom is -0.385 e. The van der Waals surface area contributed by atoms with Crippen LogP contribution in [0.25, 0.3) is 0 Å². The van der Waals surface area contributed by atoms with Crippen molar-refractivity contribution in [1.82, 2.24) is 9.80 Å². The van der Waals surface area contributed by atoms with Crippen molar-refractivity contribution < 1.29 is 9.53 Å². The molecule has 2 amide bonds. The van der Waals surface area contributed by atoms with Crippen LogP contribution in [0.1, 0.15) is 32.6 Å². The first-order chi connectivity index (χ1) is 8.15. The van der Waals surface area contributed by atoms with Gasteiger partial charge in [0.05, 0.1) is 0 Å². The first-order valence-corrected chi connectivity index (χ1v) is 6.64. The van der Waals surface area contributed by atoms with Crippen LogP contribution in [0.5, 0.6) is 0 Å². The summed E-state index contributed by atoms with van der Waals surface area (Å²) >= 11 is 0. The molecule has 0 unspecified atom stereocenters. The van der Waals surface area contributed by atoms with Gasteiger partial charge in [-0.3, -0.25) is 0 Å². The zero-order chi connectivity index (χ0) is 12.7. The van der Waals surface area contributed by atoms with E-state index in [2.05, 4.69) is 6.92 Å². The van der Waals surface area contributed by atoms with Gasteiger partial charge in [0, 0.05) is 40.4 Å². The number of carbonyl (C=O) groups is 1. The van der Waals surface area contributed by atoms with Crippen molar-refractivity contribution in [2.75, 3.05) is 40.4 Å². The molecule has 1 heterocycles. The summed E-state index contributed by atoms with van der Waals surface area (Å²) in [5.41, 5.74) is 0. The number of amides is 2. The van der Waals surface area contributed by atoms with Crippen LogP contribution in [0.3, 0.4) is 0 Å². The van der Waals surface area contributed by atoms with Gasteiger partial charge in [-0.25, -0.2) is 4.79 Å². The van der Waals surface area contributed by atoms with Gasteiger partial charge in [0.25, 0.3) is 0 Å². The quantitative estimate of drug-likeness (QED) is 0.708. The fraction of sp³-hybridized carbons (Fsp3) is 0.923. The third-order valence-corrected chi connectivity index (χ3v) is 3.35. The summed E-state index contributed by atoms with van der Waals surface area (Å²) in [6, 6.07) is 0.176. The average Bonchev–Trinajstić information content (AvgIpc) is 2.53. The monoisotopic (exact) mass is 242 g/mol. The molecule has 0 spiro atoms. The summed E-state index contributed by atoms with van der Waals surface area (Å²) in [5, 5.41) is 0. The third kappa shape index (κ3) is 4.94. The molecular formula is C13H26N2O2. The van der Waals surface area contributed by atoms with E-state index in [1.807, 2.05) is 16.8 Å². The second-order valence-corrected chi connectivity index (χ2v) is 5.10. The molecule has 17 heavy (non-hydrogen) atoms. The van der Waals surface area contributed by atoms with Crippen LogP contribution < -0.4 is 0 Å². The Labute approximate surface area is 105 Å². The first-order valence-electron chi connectivity index (χ1n) is 6.64. The van der Waals surface area contributed by atoms with Crippen LogP contribution in [-0.4, -0.2) is 56.2 Å². The Morgan fingerprint density at radius 1 is 1.47 bits per heavy atom. The summed E-state index contributed by atoms with van der Waals surface area (Å²) in [6.45, 7) is 5.55. The van der Waals surface area contributed by atoms with E-state index in [9.17, 15) is 4.79 Å². The number of rotatable bonds is 4. The van der Waals surface area contributed by atoms with E-state index in [-0.39, 0.29) is 6.03 Å². The predicted molar refractivity (Wildman–Crippen MR) is 69.1 cm³/mol. The molecule has 100 valence electrons. The van der Waals surface area contributed by atoms with Crippen molar-refractivity contribution in [2.24, 2.45) is 5.92 Å². The van der Waals surface area contributed by atoms with E-state index in [0.717, 1.165) is 32.5 Å². The zero-order valence-electron chi connectivity index (χ0n) is 11.4. The average molecular weight is 242 g/mol. The van der Waals surface area contributed by atoms with Crippen LogP contribution in [0.2, 0.25) is 0 Å². The number of nitrogens with zero attached hydrogens (tertiary/aromatic N) is 2. The highest BCUT2D eigenvalue weighted by Crippen LogP contribution is 2.16. The van der Waals surface area contributed by atoms with Gasteiger partial charge in [-0.15, -0.1) is 0 Å². The normalized spacial score (nSPS) is 21.1. The minimum atomic E-state index is 0.176. The van der Waals surface area contributed by atoms with E-state index >= 15 is 0 Å². The predicted octanol–water partition coefficient (Wildman–Crippen LogP) is 2.20. The van der Waals surface area contributed by atoms with Crippen molar-refractivity contribution in [3.63, 3.8) is 0 Å². The maximum atomic E-state index is 12.2. The van der Waals surface area contributed by atoms with Crippen molar-refractivity contribution in [2.45, 2.75) is 32.6 Å². The van der Waals surface area contributed by atoms with Crippen LogP contribution in [0.15, 0.2) is 0 Å². The Bertz CT molecular complexity index is 233. The standard InChI is InChI=1S/C13H26N2O2/c1-12-7-4-5-9-15(11-12)13(16)14(2)8-6-10-17-3/h12H,4-11H2,1-3H3/t12-/m0/s1. The molecule has 1 aliphatic rings. The number of likely N-dealkylation sites (tertiary alicyclic amines) is 1. The van der Waals surface area contributed by atoms with Gasteiger partial charge in [0.2, 0.25) is 0 Å². The molecule has 1 saturated heterocycles. The third-order valence-electron chi connectivity index (χ3n) is 3.35. The summed E-state index contributed by atoms with van der Waals surface area (Å²) in [4.78, 5) is 16.0. The molecular weight excluding hydrogens is 216 g/mol. The summed E-state index contributed by atoms with van der Waals surface area (Å²) < 4.78 is 5.00. The SMILES string of the molecule is COCCCN(C)C(=O)N1CCCC[C@H](C)C1. The lowest BCUT2D eigenvalue weighted by molar-refractivity contribution is 0.148. The molecule has 0 aromatic carbocycles. The second kappa shape index (κ2) is 7.54. The number of hydrogen-bond acceptors (Lipinski definition) is 2. The van der Waals surface area contributed by atoms with Crippen LogP contribution in [0, 0.1) is 5.92 Å².